The molecule has 0 aliphatic rings. The molecule has 0 bridgehead atoms. The molecule has 1 aromatic rings. The van der Waals surface area contributed by atoms with Crippen LogP contribution in [-0.4, -0.2) is 31.2 Å². The maximum atomic E-state index is 11.0. The van der Waals surface area contributed by atoms with Crippen LogP contribution in [-0.2, 0) is 11.2 Å². The predicted octanol–water partition coefficient (Wildman–Crippen LogP) is 2.37. The number of hydrogen-bond acceptors (Lipinski definition) is 4. The molecule has 5 nitrogen and oxygen atoms in total. The SMILES string of the molecule is CCNC(COC)Cc1ccc(I)cc1[N+](=O)[O-]. The monoisotopic (exact) mass is 364 g/mol. The summed E-state index contributed by atoms with van der Waals surface area (Å²) >= 11 is 2.08. The molecule has 0 heterocycles. The van der Waals surface area contributed by atoms with Gasteiger partial charge in [-0.15, -0.1) is 0 Å². The number of nitro groups is 1. The van der Waals surface area contributed by atoms with Crippen LogP contribution in [0.15, 0.2) is 18.2 Å². The first-order valence-corrected chi connectivity index (χ1v) is 6.81. The van der Waals surface area contributed by atoms with E-state index in [4.69, 9.17) is 4.74 Å². The molecule has 18 heavy (non-hydrogen) atoms. The average Bonchev–Trinajstić information content (AvgIpc) is 2.32. The number of nitrogens with zero attached hydrogens (tertiary/aromatic N) is 1. The Labute approximate surface area is 120 Å². The molecule has 0 saturated carbocycles. The molecule has 1 N–H and O–H groups in total. The highest BCUT2D eigenvalue weighted by Gasteiger charge is 2.17. The van der Waals surface area contributed by atoms with E-state index < -0.39 is 0 Å². The van der Waals surface area contributed by atoms with Gasteiger partial charge in [0.25, 0.3) is 5.69 Å². The first-order chi connectivity index (χ1) is 8.58. The maximum absolute atomic E-state index is 11.0. The second-order valence-electron chi connectivity index (χ2n) is 3.94. The lowest BCUT2D eigenvalue weighted by atomic mass is 10.0. The number of hydrogen-bond donors (Lipinski definition) is 1. The van der Waals surface area contributed by atoms with Gasteiger partial charge in [-0.05, 0) is 41.6 Å². The average molecular weight is 364 g/mol. The highest BCUT2D eigenvalue weighted by atomic mass is 127. The Morgan fingerprint density at radius 1 is 1.56 bits per heavy atom. The Morgan fingerprint density at radius 2 is 2.28 bits per heavy atom. The molecular formula is C12H17IN2O3. The van der Waals surface area contributed by atoms with Gasteiger partial charge >= 0.3 is 0 Å². The van der Waals surface area contributed by atoms with Gasteiger partial charge in [-0.2, -0.15) is 0 Å². The molecule has 0 fully saturated rings. The van der Waals surface area contributed by atoms with E-state index in [0.29, 0.717) is 13.0 Å². The van der Waals surface area contributed by atoms with Crippen LogP contribution >= 0.6 is 22.6 Å². The van der Waals surface area contributed by atoms with Crippen LogP contribution in [0.25, 0.3) is 0 Å². The number of likely N-dealkylation sites (N-methyl/N-ethyl adjacent to an activating group) is 1. The van der Waals surface area contributed by atoms with Crippen LogP contribution in [0.4, 0.5) is 5.69 Å². The summed E-state index contributed by atoms with van der Waals surface area (Å²) in [5, 5.41) is 14.3. The molecule has 6 heteroatoms. The van der Waals surface area contributed by atoms with Crippen molar-refractivity contribution >= 4 is 28.3 Å². The smallest absolute Gasteiger partial charge is 0.273 e. The number of nitro benzene ring substituents is 1. The number of methoxy groups -OCH3 is 1. The molecule has 100 valence electrons. The summed E-state index contributed by atoms with van der Waals surface area (Å²) in [5.74, 6) is 0. The summed E-state index contributed by atoms with van der Waals surface area (Å²) in [5.41, 5.74) is 0.921. The summed E-state index contributed by atoms with van der Waals surface area (Å²) < 4.78 is 5.99. The van der Waals surface area contributed by atoms with Gasteiger partial charge in [0.1, 0.15) is 0 Å². The largest absolute Gasteiger partial charge is 0.383 e. The zero-order valence-corrected chi connectivity index (χ0v) is 12.6. The van der Waals surface area contributed by atoms with Gasteiger partial charge in [0.05, 0.1) is 11.5 Å². The van der Waals surface area contributed by atoms with Crippen LogP contribution in [0, 0.1) is 13.7 Å². The van der Waals surface area contributed by atoms with Crippen molar-refractivity contribution in [2.24, 2.45) is 0 Å². The normalized spacial score (nSPS) is 12.4. The van der Waals surface area contributed by atoms with Gasteiger partial charge in [0.2, 0.25) is 0 Å². The molecule has 0 amide bonds. The van der Waals surface area contributed by atoms with Gasteiger partial charge < -0.3 is 10.1 Å². The van der Waals surface area contributed by atoms with Gasteiger partial charge in [-0.3, -0.25) is 10.1 Å². The molecule has 1 rings (SSSR count). The number of nitrogens with one attached hydrogen (secondary N) is 1. The van der Waals surface area contributed by atoms with Crippen molar-refractivity contribution in [1.82, 2.24) is 5.32 Å². The van der Waals surface area contributed by atoms with Gasteiger partial charge in [0.15, 0.2) is 0 Å². The number of benzene rings is 1. The summed E-state index contributed by atoms with van der Waals surface area (Å²) in [4.78, 5) is 10.7. The molecular weight excluding hydrogens is 347 g/mol. The zero-order valence-electron chi connectivity index (χ0n) is 10.5. The van der Waals surface area contributed by atoms with Crippen LogP contribution in [0.1, 0.15) is 12.5 Å². The van der Waals surface area contributed by atoms with Crippen molar-refractivity contribution in [3.05, 3.63) is 37.4 Å². The Bertz CT molecular complexity index is 406. The van der Waals surface area contributed by atoms with Crippen LogP contribution < -0.4 is 5.32 Å². The quantitative estimate of drug-likeness (QED) is 0.458. The number of ether oxygens (including phenoxy) is 1. The van der Waals surface area contributed by atoms with Gasteiger partial charge in [-0.25, -0.2) is 0 Å². The Morgan fingerprint density at radius 3 is 2.83 bits per heavy atom. The summed E-state index contributed by atoms with van der Waals surface area (Å²) in [6.07, 6.45) is 0.592. The minimum absolute atomic E-state index is 0.0961. The highest BCUT2D eigenvalue weighted by Crippen LogP contribution is 2.22. The van der Waals surface area contributed by atoms with Crippen LogP contribution in [0.5, 0.6) is 0 Å². The molecule has 1 atom stereocenters. The van der Waals surface area contributed by atoms with E-state index >= 15 is 0 Å². The Hall–Kier alpha value is -0.730. The van der Waals surface area contributed by atoms with E-state index in [9.17, 15) is 10.1 Å². The summed E-state index contributed by atoms with van der Waals surface area (Å²) in [7, 11) is 1.63. The third-order valence-corrected chi connectivity index (χ3v) is 3.24. The fraction of sp³-hybridized carbons (Fsp3) is 0.500. The molecule has 0 saturated heterocycles. The second-order valence-corrected chi connectivity index (χ2v) is 5.19. The lowest BCUT2D eigenvalue weighted by molar-refractivity contribution is -0.385. The van der Waals surface area contributed by atoms with Crippen LogP contribution in [0.2, 0.25) is 0 Å². The molecule has 0 spiro atoms. The fourth-order valence-corrected chi connectivity index (χ4v) is 2.30. The Balaban J connectivity index is 2.90. The van der Waals surface area contributed by atoms with Crippen molar-refractivity contribution in [3.63, 3.8) is 0 Å². The number of rotatable bonds is 7. The van der Waals surface area contributed by atoms with Crippen molar-refractivity contribution in [3.8, 4) is 0 Å². The standard InChI is InChI=1S/C12H17IN2O3/c1-3-14-11(8-18-2)6-9-4-5-10(13)7-12(9)15(16)17/h4-5,7,11,14H,3,6,8H2,1-2H3. The van der Waals surface area contributed by atoms with E-state index in [1.165, 1.54) is 0 Å². The van der Waals surface area contributed by atoms with Crippen molar-refractivity contribution < 1.29 is 9.66 Å². The summed E-state index contributed by atoms with van der Waals surface area (Å²) in [6.45, 7) is 3.36. The predicted molar refractivity (Wildman–Crippen MR) is 78.9 cm³/mol. The van der Waals surface area contributed by atoms with Gasteiger partial charge in [-0.1, -0.05) is 13.0 Å². The van der Waals surface area contributed by atoms with Crippen molar-refractivity contribution in [2.75, 3.05) is 20.3 Å². The first-order valence-electron chi connectivity index (χ1n) is 5.73. The third-order valence-electron chi connectivity index (χ3n) is 2.57. The van der Waals surface area contributed by atoms with E-state index in [1.54, 1.807) is 13.2 Å². The fourth-order valence-electron chi connectivity index (χ4n) is 1.82. The van der Waals surface area contributed by atoms with E-state index in [0.717, 1.165) is 15.7 Å². The molecule has 0 aliphatic carbocycles. The van der Waals surface area contributed by atoms with Crippen molar-refractivity contribution in [1.29, 1.82) is 0 Å². The molecule has 1 aromatic carbocycles. The molecule has 0 aliphatic heterocycles. The first kappa shape index (κ1) is 15.3. The zero-order chi connectivity index (χ0) is 13.5. The third kappa shape index (κ3) is 4.51. The molecule has 1 unspecified atom stereocenters. The highest BCUT2D eigenvalue weighted by molar-refractivity contribution is 14.1. The topological polar surface area (TPSA) is 64.4 Å². The van der Waals surface area contributed by atoms with Crippen LogP contribution in [0.3, 0.4) is 0 Å². The summed E-state index contributed by atoms with van der Waals surface area (Å²) in [6, 6.07) is 5.41. The maximum Gasteiger partial charge on any atom is 0.273 e. The minimum atomic E-state index is -0.326. The lowest BCUT2D eigenvalue weighted by Crippen LogP contribution is -2.35. The Kier molecular flexibility index (Phi) is 6.51. The lowest BCUT2D eigenvalue weighted by Gasteiger charge is -2.16. The van der Waals surface area contributed by atoms with Crippen molar-refractivity contribution in [2.45, 2.75) is 19.4 Å². The van der Waals surface area contributed by atoms with E-state index in [2.05, 4.69) is 27.9 Å². The minimum Gasteiger partial charge on any atom is -0.383 e. The molecule has 0 radical (unpaired) electrons. The van der Waals surface area contributed by atoms with Gasteiger partial charge in [0, 0.05) is 28.4 Å². The second kappa shape index (κ2) is 7.65. The van der Waals surface area contributed by atoms with E-state index in [-0.39, 0.29) is 16.7 Å². The number of halogens is 1. The molecule has 0 aromatic heterocycles. The van der Waals surface area contributed by atoms with E-state index in [1.807, 2.05) is 19.1 Å².